The first-order valence-electron chi connectivity index (χ1n) is 9.30. The number of amides is 1. The first kappa shape index (κ1) is 19.7. The van der Waals surface area contributed by atoms with Crippen molar-refractivity contribution in [3.8, 4) is 22.8 Å². The number of ether oxygens (including phenoxy) is 1. The molecule has 150 valence electrons. The van der Waals surface area contributed by atoms with Crippen LogP contribution in [-0.2, 0) is 0 Å². The highest BCUT2D eigenvalue weighted by Crippen LogP contribution is 2.28. The van der Waals surface area contributed by atoms with Crippen molar-refractivity contribution in [3.05, 3.63) is 89.2 Å². The Bertz CT molecular complexity index is 1210. The van der Waals surface area contributed by atoms with Gasteiger partial charge in [0.05, 0.1) is 18.5 Å². The molecule has 0 saturated heterocycles. The van der Waals surface area contributed by atoms with Crippen LogP contribution in [-0.4, -0.2) is 27.8 Å². The van der Waals surface area contributed by atoms with Gasteiger partial charge < -0.3 is 10.1 Å². The lowest BCUT2D eigenvalue weighted by atomic mass is 10.2. The summed E-state index contributed by atoms with van der Waals surface area (Å²) >= 11 is 6.07. The van der Waals surface area contributed by atoms with Crippen LogP contribution in [0.25, 0.3) is 17.1 Å². The van der Waals surface area contributed by atoms with Crippen LogP contribution in [0, 0.1) is 6.92 Å². The van der Waals surface area contributed by atoms with Crippen molar-refractivity contribution in [1.82, 2.24) is 14.8 Å². The summed E-state index contributed by atoms with van der Waals surface area (Å²) in [7, 11) is 1.53. The summed E-state index contributed by atoms with van der Waals surface area (Å²) in [5.74, 6) is 0.654. The number of anilines is 1. The quantitative estimate of drug-likeness (QED) is 0.486. The third-order valence-corrected chi connectivity index (χ3v) is 4.83. The van der Waals surface area contributed by atoms with E-state index in [-0.39, 0.29) is 5.82 Å². The fourth-order valence-corrected chi connectivity index (χ4v) is 3.28. The third kappa shape index (κ3) is 3.90. The number of hydrogen-bond acceptors (Lipinski definition) is 4. The van der Waals surface area contributed by atoms with E-state index in [1.54, 1.807) is 22.9 Å². The van der Waals surface area contributed by atoms with Gasteiger partial charge in [0.2, 0.25) is 5.82 Å². The molecule has 0 aliphatic rings. The molecule has 4 rings (SSSR count). The summed E-state index contributed by atoms with van der Waals surface area (Å²) < 4.78 is 6.99. The molecule has 1 heterocycles. The highest BCUT2D eigenvalue weighted by molar-refractivity contribution is 6.31. The zero-order valence-electron chi connectivity index (χ0n) is 16.5. The zero-order valence-corrected chi connectivity index (χ0v) is 17.2. The number of halogens is 1. The lowest BCUT2D eigenvalue weighted by Crippen LogP contribution is -2.15. The van der Waals surface area contributed by atoms with Crippen LogP contribution >= 0.6 is 11.6 Å². The van der Waals surface area contributed by atoms with Gasteiger partial charge in [-0.3, -0.25) is 4.79 Å². The lowest BCUT2D eigenvalue weighted by Gasteiger charge is -2.09. The molecular formula is C23H19ClN4O2. The molecule has 3 aromatic carbocycles. The molecule has 1 N–H and O–H groups in total. The van der Waals surface area contributed by atoms with Gasteiger partial charge in [0.1, 0.15) is 5.75 Å². The number of carbonyl (C=O) groups excluding carboxylic acids is 1. The molecule has 0 unspecified atom stereocenters. The molecular weight excluding hydrogens is 400 g/mol. The summed E-state index contributed by atoms with van der Waals surface area (Å²) in [5, 5.41) is 7.78. The summed E-state index contributed by atoms with van der Waals surface area (Å²) in [5.41, 5.74) is 3.17. The average molecular weight is 419 g/mol. The largest absolute Gasteiger partial charge is 0.495 e. The second-order valence-electron chi connectivity index (χ2n) is 6.62. The minimum absolute atomic E-state index is 0.0409. The highest BCUT2D eigenvalue weighted by atomic mass is 35.5. The number of nitrogens with zero attached hydrogens (tertiary/aromatic N) is 3. The van der Waals surface area contributed by atoms with E-state index in [4.69, 9.17) is 16.3 Å². The minimum atomic E-state index is -0.458. The topological polar surface area (TPSA) is 69.0 Å². The molecule has 4 aromatic rings. The minimum Gasteiger partial charge on any atom is -0.495 e. The van der Waals surface area contributed by atoms with E-state index in [1.807, 2.05) is 61.5 Å². The number of hydrogen-bond donors (Lipinski definition) is 1. The highest BCUT2D eigenvalue weighted by Gasteiger charge is 2.20. The van der Waals surface area contributed by atoms with Crippen LogP contribution in [0.15, 0.2) is 72.8 Å². The van der Waals surface area contributed by atoms with Crippen molar-refractivity contribution in [2.75, 3.05) is 12.4 Å². The van der Waals surface area contributed by atoms with Crippen molar-refractivity contribution in [1.29, 1.82) is 0 Å². The van der Waals surface area contributed by atoms with Gasteiger partial charge in [0, 0.05) is 10.6 Å². The van der Waals surface area contributed by atoms with E-state index in [1.165, 1.54) is 7.11 Å². The Balaban J connectivity index is 1.77. The normalized spacial score (nSPS) is 10.6. The van der Waals surface area contributed by atoms with E-state index < -0.39 is 5.91 Å². The number of benzene rings is 3. The van der Waals surface area contributed by atoms with Crippen LogP contribution in [0.5, 0.6) is 5.75 Å². The molecule has 0 aliphatic carbocycles. The van der Waals surface area contributed by atoms with Gasteiger partial charge in [-0.25, -0.2) is 9.67 Å². The zero-order chi connectivity index (χ0) is 21.1. The van der Waals surface area contributed by atoms with Gasteiger partial charge in [-0.1, -0.05) is 60.1 Å². The Labute approximate surface area is 179 Å². The van der Waals surface area contributed by atoms with Crippen molar-refractivity contribution in [3.63, 3.8) is 0 Å². The molecule has 7 heteroatoms. The third-order valence-electron chi connectivity index (χ3n) is 4.60. The number of aromatic nitrogens is 3. The summed E-state index contributed by atoms with van der Waals surface area (Å²) in [6.45, 7) is 1.99. The maximum Gasteiger partial charge on any atom is 0.295 e. The fourth-order valence-electron chi connectivity index (χ4n) is 3.11. The Hall–Kier alpha value is -3.64. The number of aryl methyl sites for hydroxylation is 1. The van der Waals surface area contributed by atoms with E-state index in [9.17, 15) is 4.79 Å². The number of carbonyl (C=O) groups is 1. The van der Waals surface area contributed by atoms with E-state index in [2.05, 4.69) is 15.4 Å². The van der Waals surface area contributed by atoms with Gasteiger partial charge >= 0.3 is 0 Å². The van der Waals surface area contributed by atoms with Crippen LogP contribution < -0.4 is 10.1 Å². The Morgan fingerprint density at radius 2 is 1.77 bits per heavy atom. The van der Waals surface area contributed by atoms with Crippen molar-refractivity contribution >= 4 is 23.2 Å². The van der Waals surface area contributed by atoms with E-state index >= 15 is 0 Å². The molecule has 0 radical (unpaired) electrons. The van der Waals surface area contributed by atoms with E-state index in [0.717, 1.165) is 16.8 Å². The summed E-state index contributed by atoms with van der Waals surface area (Å²) in [6, 6.07) is 22.4. The molecule has 0 aliphatic heterocycles. The van der Waals surface area contributed by atoms with Gasteiger partial charge in [-0.05, 0) is 36.8 Å². The van der Waals surface area contributed by atoms with Crippen LogP contribution in [0.3, 0.4) is 0 Å². The van der Waals surface area contributed by atoms with Gasteiger partial charge in [-0.2, -0.15) is 0 Å². The SMILES string of the molecule is COc1ccc(Cl)cc1NC(=O)c1nc(-c2ccccc2)n(-c2ccccc2C)n1. The smallest absolute Gasteiger partial charge is 0.295 e. The summed E-state index contributed by atoms with van der Waals surface area (Å²) in [6.07, 6.45) is 0. The van der Waals surface area contributed by atoms with Crippen LogP contribution in [0.2, 0.25) is 5.02 Å². The molecule has 0 saturated carbocycles. The molecule has 0 fully saturated rings. The monoisotopic (exact) mass is 418 g/mol. The second kappa shape index (κ2) is 8.39. The van der Waals surface area contributed by atoms with Gasteiger partial charge in [-0.15, -0.1) is 5.10 Å². The number of para-hydroxylation sites is 1. The predicted octanol–water partition coefficient (Wildman–Crippen LogP) is 5.16. The number of nitrogens with one attached hydrogen (secondary N) is 1. The van der Waals surface area contributed by atoms with Gasteiger partial charge in [0.25, 0.3) is 5.91 Å². The maximum absolute atomic E-state index is 13.0. The van der Waals surface area contributed by atoms with Crippen molar-refractivity contribution in [2.24, 2.45) is 0 Å². The average Bonchev–Trinajstić information content (AvgIpc) is 3.20. The standard InChI is InChI=1S/C23H19ClN4O2/c1-15-8-6-7-11-19(15)28-22(16-9-4-3-5-10-16)26-21(27-28)23(29)25-18-14-17(24)12-13-20(18)30-2/h3-14H,1-2H3,(H,25,29). The lowest BCUT2D eigenvalue weighted by molar-refractivity contribution is 0.101. The Kier molecular flexibility index (Phi) is 5.50. The number of rotatable bonds is 5. The Morgan fingerprint density at radius 3 is 2.50 bits per heavy atom. The van der Waals surface area contributed by atoms with Crippen molar-refractivity contribution < 1.29 is 9.53 Å². The summed E-state index contributed by atoms with van der Waals surface area (Å²) in [4.78, 5) is 17.5. The predicted molar refractivity (Wildman–Crippen MR) is 117 cm³/mol. The van der Waals surface area contributed by atoms with Gasteiger partial charge in [0.15, 0.2) is 5.82 Å². The first-order valence-corrected chi connectivity index (χ1v) is 9.68. The van der Waals surface area contributed by atoms with Crippen LogP contribution in [0.1, 0.15) is 16.2 Å². The molecule has 0 bridgehead atoms. The molecule has 0 spiro atoms. The molecule has 6 nitrogen and oxygen atoms in total. The Morgan fingerprint density at radius 1 is 1.03 bits per heavy atom. The number of methoxy groups -OCH3 is 1. The first-order chi connectivity index (χ1) is 14.6. The fraction of sp³-hybridized carbons (Fsp3) is 0.0870. The van der Waals surface area contributed by atoms with E-state index in [0.29, 0.717) is 22.3 Å². The molecule has 1 amide bonds. The molecule has 0 atom stereocenters. The molecule has 1 aromatic heterocycles. The second-order valence-corrected chi connectivity index (χ2v) is 7.06. The maximum atomic E-state index is 13.0. The molecule has 30 heavy (non-hydrogen) atoms. The van der Waals surface area contributed by atoms with Crippen LogP contribution in [0.4, 0.5) is 5.69 Å². The van der Waals surface area contributed by atoms with Crippen molar-refractivity contribution in [2.45, 2.75) is 6.92 Å².